The van der Waals surface area contributed by atoms with Crippen molar-refractivity contribution in [2.24, 2.45) is 0 Å². The van der Waals surface area contributed by atoms with Crippen LogP contribution >= 0.6 is 0 Å². The molecule has 2 nitrogen and oxygen atoms in total. The van der Waals surface area contributed by atoms with Gasteiger partial charge in [0.2, 0.25) is 0 Å². The minimum absolute atomic E-state index is 0.0972. The van der Waals surface area contributed by atoms with Crippen molar-refractivity contribution < 1.29 is 9.13 Å². The van der Waals surface area contributed by atoms with E-state index >= 15 is 0 Å². The van der Waals surface area contributed by atoms with Crippen LogP contribution in [-0.4, -0.2) is 13.2 Å². The summed E-state index contributed by atoms with van der Waals surface area (Å²) in [5.74, 6) is 0.330. The van der Waals surface area contributed by atoms with Crippen molar-refractivity contribution in [2.45, 2.75) is 26.8 Å². The Morgan fingerprint density at radius 2 is 1.81 bits per heavy atom. The van der Waals surface area contributed by atoms with Crippen LogP contribution in [0.5, 0.6) is 5.75 Å². The molecule has 3 heteroatoms. The summed E-state index contributed by atoms with van der Waals surface area (Å²) >= 11 is 0. The van der Waals surface area contributed by atoms with Crippen LogP contribution in [0.25, 0.3) is 0 Å². The molecule has 21 heavy (non-hydrogen) atoms. The molecule has 0 spiro atoms. The van der Waals surface area contributed by atoms with E-state index in [2.05, 4.69) is 43.4 Å². The number of aryl methyl sites for hydroxylation is 2. The number of likely N-dealkylation sites (N-methyl/N-ethyl adjacent to an activating group) is 1. The maximum absolute atomic E-state index is 13.5. The standard InChI is InChI=1S/C18H22FNO/c1-4-20-18(15-8-5-13(2)6-9-15)12-21-16-10-7-14(3)17(19)11-16/h5-11,18,20H,4,12H2,1-3H3. The summed E-state index contributed by atoms with van der Waals surface area (Å²) in [6.07, 6.45) is 0. The summed E-state index contributed by atoms with van der Waals surface area (Å²) in [5.41, 5.74) is 3.04. The number of hydrogen-bond acceptors (Lipinski definition) is 2. The lowest BCUT2D eigenvalue weighted by molar-refractivity contribution is 0.267. The molecule has 0 saturated carbocycles. The van der Waals surface area contributed by atoms with Crippen LogP contribution < -0.4 is 10.1 Å². The van der Waals surface area contributed by atoms with E-state index in [1.807, 2.05) is 0 Å². The number of nitrogens with one attached hydrogen (secondary N) is 1. The summed E-state index contributed by atoms with van der Waals surface area (Å²) in [7, 11) is 0. The Hall–Kier alpha value is -1.87. The summed E-state index contributed by atoms with van der Waals surface area (Å²) in [6.45, 7) is 7.20. The second kappa shape index (κ2) is 7.23. The van der Waals surface area contributed by atoms with Crippen LogP contribution in [-0.2, 0) is 0 Å². The molecule has 112 valence electrons. The van der Waals surface area contributed by atoms with Crippen molar-refractivity contribution in [2.75, 3.05) is 13.2 Å². The molecular weight excluding hydrogens is 265 g/mol. The van der Waals surface area contributed by atoms with Crippen LogP contribution in [0.3, 0.4) is 0 Å². The SMILES string of the molecule is CCNC(COc1ccc(C)c(F)c1)c1ccc(C)cc1. The Labute approximate surface area is 126 Å². The number of benzene rings is 2. The normalized spacial score (nSPS) is 12.2. The molecule has 0 fully saturated rings. The molecule has 2 aromatic rings. The number of halogens is 1. The van der Waals surface area contributed by atoms with Crippen molar-refractivity contribution in [3.8, 4) is 5.75 Å². The molecule has 0 aliphatic carbocycles. The fraction of sp³-hybridized carbons (Fsp3) is 0.333. The number of ether oxygens (including phenoxy) is 1. The third kappa shape index (κ3) is 4.30. The van der Waals surface area contributed by atoms with Gasteiger partial charge in [-0.25, -0.2) is 4.39 Å². The lowest BCUT2D eigenvalue weighted by Gasteiger charge is -2.19. The van der Waals surface area contributed by atoms with Gasteiger partial charge in [-0.3, -0.25) is 0 Å². The molecule has 0 amide bonds. The third-order valence-corrected chi connectivity index (χ3v) is 3.49. The van der Waals surface area contributed by atoms with Crippen molar-refractivity contribution in [1.29, 1.82) is 0 Å². The van der Waals surface area contributed by atoms with E-state index in [0.29, 0.717) is 17.9 Å². The van der Waals surface area contributed by atoms with Crippen LogP contribution in [0, 0.1) is 19.7 Å². The molecule has 0 aliphatic rings. The zero-order valence-corrected chi connectivity index (χ0v) is 12.8. The second-order valence-electron chi connectivity index (χ2n) is 5.24. The van der Waals surface area contributed by atoms with Gasteiger partial charge in [-0.2, -0.15) is 0 Å². The maximum Gasteiger partial charge on any atom is 0.129 e. The van der Waals surface area contributed by atoms with E-state index in [-0.39, 0.29) is 11.9 Å². The predicted octanol–water partition coefficient (Wildman–Crippen LogP) is 4.17. The molecule has 0 radical (unpaired) electrons. The molecule has 0 aliphatic heterocycles. The minimum atomic E-state index is -0.233. The van der Waals surface area contributed by atoms with Gasteiger partial charge in [0.25, 0.3) is 0 Å². The molecule has 1 atom stereocenters. The van der Waals surface area contributed by atoms with Crippen molar-refractivity contribution in [3.05, 3.63) is 65.0 Å². The third-order valence-electron chi connectivity index (χ3n) is 3.49. The molecule has 2 rings (SSSR count). The van der Waals surface area contributed by atoms with E-state index in [1.54, 1.807) is 19.1 Å². The first-order valence-corrected chi connectivity index (χ1v) is 7.29. The average molecular weight is 287 g/mol. The van der Waals surface area contributed by atoms with Gasteiger partial charge < -0.3 is 10.1 Å². The van der Waals surface area contributed by atoms with E-state index in [9.17, 15) is 4.39 Å². The first kappa shape index (κ1) is 15.5. The van der Waals surface area contributed by atoms with Gasteiger partial charge in [-0.05, 0) is 37.6 Å². The highest BCUT2D eigenvalue weighted by atomic mass is 19.1. The number of rotatable bonds is 6. The van der Waals surface area contributed by atoms with Crippen LogP contribution in [0.2, 0.25) is 0 Å². The zero-order chi connectivity index (χ0) is 15.2. The van der Waals surface area contributed by atoms with Gasteiger partial charge in [0.1, 0.15) is 18.2 Å². The van der Waals surface area contributed by atoms with Gasteiger partial charge in [-0.15, -0.1) is 0 Å². The van der Waals surface area contributed by atoms with Crippen molar-refractivity contribution in [1.82, 2.24) is 5.32 Å². The molecule has 0 heterocycles. The Balaban J connectivity index is 2.05. The van der Waals surface area contributed by atoms with Gasteiger partial charge in [0.05, 0.1) is 6.04 Å². The second-order valence-corrected chi connectivity index (χ2v) is 5.24. The Kier molecular flexibility index (Phi) is 5.34. The number of hydrogen-bond donors (Lipinski definition) is 1. The lowest BCUT2D eigenvalue weighted by atomic mass is 10.1. The average Bonchev–Trinajstić information content (AvgIpc) is 2.48. The molecule has 2 aromatic carbocycles. The fourth-order valence-electron chi connectivity index (χ4n) is 2.16. The Morgan fingerprint density at radius 3 is 2.43 bits per heavy atom. The van der Waals surface area contributed by atoms with Crippen LogP contribution in [0.4, 0.5) is 4.39 Å². The van der Waals surface area contributed by atoms with Gasteiger partial charge >= 0.3 is 0 Å². The first-order chi connectivity index (χ1) is 10.1. The predicted molar refractivity (Wildman–Crippen MR) is 84.2 cm³/mol. The highest BCUT2D eigenvalue weighted by molar-refractivity contribution is 5.29. The molecule has 1 N–H and O–H groups in total. The van der Waals surface area contributed by atoms with Crippen molar-refractivity contribution in [3.63, 3.8) is 0 Å². The van der Waals surface area contributed by atoms with Gasteiger partial charge in [-0.1, -0.05) is 42.8 Å². The smallest absolute Gasteiger partial charge is 0.129 e. The first-order valence-electron chi connectivity index (χ1n) is 7.29. The van der Waals surface area contributed by atoms with E-state index in [1.165, 1.54) is 17.2 Å². The van der Waals surface area contributed by atoms with Gasteiger partial charge in [0, 0.05) is 6.07 Å². The quantitative estimate of drug-likeness (QED) is 0.861. The van der Waals surface area contributed by atoms with E-state index in [4.69, 9.17) is 4.74 Å². The Bertz CT molecular complexity index is 580. The lowest BCUT2D eigenvalue weighted by Crippen LogP contribution is -2.26. The fourth-order valence-corrected chi connectivity index (χ4v) is 2.16. The summed E-state index contributed by atoms with van der Waals surface area (Å²) < 4.78 is 19.3. The monoisotopic (exact) mass is 287 g/mol. The topological polar surface area (TPSA) is 21.3 Å². The largest absolute Gasteiger partial charge is 0.492 e. The summed E-state index contributed by atoms with van der Waals surface area (Å²) in [6, 6.07) is 13.4. The molecule has 0 aromatic heterocycles. The Morgan fingerprint density at radius 1 is 1.10 bits per heavy atom. The maximum atomic E-state index is 13.5. The van der Waals surface area contributed by atoms with E-state index in [0.717, 1.165) is 6.54 Å². The zero-order valence-electron chi connectivity index (χ0n) is 12.8. The van der Waals surface area contributed by atoms with Crippen LogP contribution in [0.15, 0.2) is 42.5 Å². The molecule has 0 saturated heterocycles. The highest BCUT2D eigenvalue weighted by Gasteiger charge is 2.11. The van der Waals surface area contributed by atoms with E-state index < -0.39 is 0 Å². The molecule has 1 unspecified atom stereocenters. The van der Waals surface area contributed by atoms with Gasteiger partial charge in [0.15, 0.2) is 0 Å². The summed E-state index contributed by atoms with van der Waals surface area (Å²) in [5, 5.41) is 3.40. The summed E-state index contributed by atoms with van der Waals surface area (Å²) in [4.78, 5) is 0. The molecular formula is C18H22FNO. The molecule has 0 bridgehead atoms. The highest BCUT2D eigenvalue weighted by Crippen LogP contribution is 2.19. The minimum Gasteiger partial charge on any atom is -0.492 e. The van der Waals surface area contributed by atoms with Crippen molar-refractivity contribution >= 4 is 0 Å². The van der Waals surface area contributed by atoms with Crippen LogP contribution in [0.1, 0.15) is 29.7 Å².